The van der Waals surface area contributed by atoms with Gasteiger partial charge in [0.25, 0.3) is 0 Å². The molecule has 0 amide bonds. The summed E-state index contributed by atoms with van der Waals surface area (Å²) in [4.78, 5) is 2.54. The fourth-order valence-corrected chi connectivity index (χ4v) is 3.06. The highest BCUT2D eigenvalue weighted by Crippen LogP contribution is 2.34. The van der Waals surface area contributed by atoms with E-state index in [1.807, 2.05) is 0 Å². The molecule has 0 aromatic heterocycles. The van der Waals surface area contributed by atoms with Crippen molar-refractivity contribution in [3.8, 4) is 0 Å². The van der Waals surface area contributed by atoms with E-state index in [0.29, 0.717) is 0 Å². The molecule has 104 valence electrons. The van der Waals surface area contributed by atoms with Gasteiger partial charge in [-0.15, -0.1) is 0 Å². The van der Waals surface area contributed by atoms with Crippen LogP contribution in [0, 0.1) is 0 Å². The number of rotatable bonds is 2. The minimum absolute atomic E-state index is 0.205. The predicted molar refractivity (Wildman–Crippen MR) is 86.5 cm³/mol. The van der Waals surface area contributed by atoms with Crippen molar-refractivity contribution < 1.29 is 0 Å². The molecule has 2 aromatic rings. The van der Waals surface area contributed by atoms with Gasteiger partial charge in [-0.05, 0) is 56.4 Å². The Balaban J connectivity index is 1.89. The zero-order valence-corrected chi connectivity index (χ0v) is 12.7. The van der Waals surface area contributed by atoms with Crippen molar-refractivity contribution in [1.29, 1.82) is 0 Å². The lowest BCUT2D eigenvalue weighted by atomic mass is 10.0. The maximum Gasteiger partial charge on any atom is 0.0406 e. The summed E-state index contributed by atoms with van der Waals surface area (Å²) >= 11 is 0. The van der Waals surface area contributed by atoms with Crippen molar-refractivity contribution >= 4 is 5.69 Å². The monoisotopic (exact) mass is 265 g/mol. The van der Waals surface area contributed by atoms with E-state index in [4.69, 9.17) is 0 Å². The van der Waals surface area contributed by atoms with Crippen molar-refractivity contribution in [2.24, 2.45) is 0 Å². The Morgan fingerprint density at radius 3 is 2.40 bits per heavy atom. The largest absolute Gasteiger partial charge is 0.366 e. The first kappa shape index (κ1) is 13.2. The van der Waals surface area contributed by atoms with E-state index in [2.05, 4.69) is 74.2 Å². The zero-order chi connectivity index (χ0) is 14.2. The van der Waals surface area contributed by atoms with E-state index in [0.717, 1.165) is 13.0 Å². The van der Waals surface area contributed by atoms with Crippen LogP contribution in [0.15, 0.2) is 48.5 Å². The summed E-state index contributed by atoms with van der Waals surface area (Å²) in [6.45, 7) is 8.04. The zero-order valence-electron chi connectivity index (χ0n) is 12.7. The maximum absolute atomic E-state index is 2.54. The molecule has 1 aliphatic heterocycles. The van der Waals surface area contributed by atoms with Gasteiger partial charge in [-0.1, -0.05) is 42.5 Å². The lowest BCUT2D eigenvalue weighted by molar-refractivity contribution is 0.518. The highest BCUT2D eigenvalue weighted by atomic mass is 15.2. The van der Waals surface area contributed by atoms with E-state index in [-0.39, 0.29) is 5.54 Å². The van der Waals surface area contributed by atoms with Crippen LogP contribution in [0.3, 0.4) is 0 Å². The second-order valence-corrected chi connectivity index (χ2v) is 6.70. The molecule has 0 atom stereocenters. The van der Waals surface area contributed by atoms with Gasteiger partial charge in [0.1, 0.15) is 0 Å². The molecule has 0 fully saturated rings. The van der Waals surface area contributed by atoms with Gasteiger partial charge in [0.2, 0.25) is 0 Å². The standard InChI is InChI=1S/C19H23N/c1-19(2,3)20-12-11-17-10-9-16(14-18(17)20)13-15-7-5-4-6-8-15/h4-10,14H,11-13H2,1-3H3. The number of anilines is 1. The Hall–Kier alpha value is -1.76. The highest BCUT2D eigenvalue weighted by Gasteiger charge is 2.28. The minimum Gasteiger partial charge on any atom is -0.366 e. The van der Waals surface area contributed by atoms with Gasteiger partial charge in [0.15, 0.2) is 0 Å². The van der Waals surface area contributed by atoms with Crippen LogP contribution in [0.2, 0.25) is 0 Å². The van der Waals surface area contributed by atoms with Gasteiger partial charge in [0, 0.05) is 17.8 Å². The fourth-order valence-electron chi connectivity index (χ4n) is 3.06. The molecule has 2 aromatic carbocycles. The molecule has 0 saturated heterocycles. The molecule has 1 nitrogen and oxygen atoms in total. The average molecular weight is 265 g/mol. The molecule has 0 bridgehead atoms. The van der Waals surface area contributed by atoms with Crippen LogP contribution in [0.1, 0.15) is 37.5 Å². The first-order chi connectivity index (χ1) is 9.54. The Kier molecular flexibility index (Phi) is 3.29. The van der Waals surface area contributed by atoms with Crippen LogP contribution in [0.4, 0.5) is 5.69 Å². The summed E-state index contributed by atoms with van der Waals surface area (Å²) in [7, 11) is 0. The van der Waals surface area contributed by atoms with E-state index in [1.165, 1.54) is 28.8 Å². The molecule has 20 heavy (non-hydrogen) atoms. The number of benzene rings is 2. The molecule has 0 aliphatic carbocycles. The van der Waals surface area contributed by atoms with E-state index in [1.54, 1.807) is 0 Å². The van der Waals surface area contributed by atoms with Gasteiger partial charge in [-0.2, -0.15) is 0 Å². The van der Waals surface area contributed by atoms with Crippen molar-refractivity contribution in [2.75, 3.05) is 11.4 Å². The Bertz CT molecular complexity index is 593. The second kappa shape index (κ2) is 4.97. The highest BCUT2D eigenvalue weighted by molar-refractivity contribution is 5.61. The quantitative estimate of drug-likeness (QED) is 0.776. The number of fused-ring (bicyclic) bond motifs is 1. The first-order valence-electron chi connectivity index (χ1n) is 7.47. The van der Waals surface area contributed by atoms with Gasteiger partial charge < -0.3 is 4.90 Å². The number of nitrogens with zero attached hydrogens (tertiary/aromatic N) is 1. The summed E-state index contributed by atoms with van der Waals surface area (Å²) < 4.78 is 0. The van der Waals surface area contributed by atoms with Crippen LogP contribution in [-0.2, 0) is 12.8 Å². The molecule has 0 radical (unpaired) electrons. The summed E-state index contributed by atoms with van der Waals surface area (Å²) in [5.74, 6) is 0. The molecular weight excluding hydrogens is 242 g/mol. The molecule has 0 N–H and O–H groups in total. The third-order valence-electron chi connectivity index (χ3n) is 4.11. The molecule has 0 unspecified atom stereocenters. The molecule has 1 aliphatic rings. The van der Waals surface area contributed by atoms with Crippen molar-refractivity contribution in [3.05, 3.63) is 65.2 Å². The lowest BCUT2D eigenvalue weighted by Gasteiger charge is -2.34. The van der Waals surface area contributed by atoms with Crippen molar-refractivity contribution in [2.45, 2.75) is 39.2 Å². The van der Waals surface area contributed by atoms with Crippen LogP contribution >= 0.6 is 0 Å². The second-order valence-electron chi connectivity index (χ2n) is 6.70. The molecule has 0 spiro atoms. The average Bonchev–Trinajstić information content (AvgIpc) is 2.83. The minimum atomic E-state index is 0.205. The molecule has 0 saturated carbocycles. The lowest BCUT2D eigenvalue weighted by Crippen LogP contribution is -2.40. The van der Waals surface area contributed by atoms with Crippen LogP contribution in [0.25, 0.3) is 0 Å². The Labute approximate surface area is 122 Å². The van der Waals surface area contributed by atoms with Crippen molar-refractivity contribution in [3.63, 3.8) is 0 Å². The van der Waals surface area contributed by atoms with Gasteiger partial charge >= 0.3 is 0 Å². The first-order valence-corrected chi connectivity index (χ1v) is 7.47. The van der Waals surface area contributed by atoms with Gasteiger partial charge in [-0.3, -0.25) is 0 Å². The topological polar surface area (TPSA) is 3.24 Å². The SMILES string of the molecule is CC(C)(C)N1CCc2ccc(Cc3ccccc3)cc21. The molecule has 3 rings (SSSR count). The third kappa shape index (κ3) is 2.58. The summed E-state index contributed by atoms with van der Waals surface area (Å²) in [6.07, 6.45) is 2.20. The van der Waals surface area contributed by atoms with E-state index >= 15 is 0 Å². The summed E-state index contributed by atoms with van der Waals surface area (Å²) in [5, 5.41) is 0. The summed E-state index contributed by atoms with van der Waals surface area (Å²) in [6, 6.07) is 17.7. The van der Waals surface area contributed by atoms with Gasteiger partial charge in [-0.25, -0.2) is 0 Å². The normalized spacial score (nSPS) is 14.4. The Morgan fingerprint density at radius 1 is 0.950 bits per heavy atom. The third-order valence-corrected chi connectivity index (χ3v) is 4.11. The van der Waals surface area contributed by atoms with Crippen LogP contribution in [-0.4, -0.2) is 12.1 Å². The molecular formula is C19H23N. The Morgan fingerprint density at radius 2 is 1.70 bits per heavy atom. The molecule has 1 heterocycles. The smallest absolute Gasteiger partial charge is 0.0406 e. The molecule has 1 heteroatoms. The maximum atomic E-state index is 2.54. The number of hydrogen-bond donors (Lipinski definition) is 0. The summed E-state index contributed by atoms with van der Waals surface area (Å²) in [5.41, 5.74) is 5.93. The van der Waals surface area contributed by atoms with Gasteiger partial charge in [0.05, 0.1) is 0 Å². The van der Waals surface area contributed by atoms with Crippen molar-refractivity contribution in [1.82, 2.24) is 0 Å². The fraction of sp³-hybridized carbons (Fsp3) is 0.368. The predicted octanol–water partition coefficient (Wildman–Crippen LogP) is 4.44. The van der Waals surface area contributed by atoms with Crippen LogP contribution in [0.5, 0.6) is 0 Å². The number of hydrogen-bond acceptors (Lipinski definition) is 1. The van der Waals surface area contributed by atoms with Crippen LogP contribution < -0.4 is 4.90 Å². The van der Waals surface area contributed by atoms with E-state index in [9.17, 15) is 0 Å². The van der Waals surface area contributed by atoms with E-state index < -0.39 is 0 Å².